The molecule has 2 rings (SSSR count). The van der Waals surface area contributed by atoms with Gasteiger partial charge in [-0.1, -0.05) is 61.7 Å². The molecule has 0 saturated carbocycles. The molecule has 0 unspecified atom stereocenters. The fourth-order valence-corrected chi connectivity index (χ4v) is 3.46. The van der Waals surface area contributed by atoms with Crippen LogP contribution < -0.4 is 5.32 Å². The molecule has 0 aliphatic carbocycles. The van der Waals surface area contributed by atoms with Crippen LogP contribution in [-0.2, 0) is 22.6 Å². The second-order valence-corrected chi connectivity index (χ2v) is 7.96. The van der Waals surface area contributed by atoms with Crippen LogP contribution in [0.15, 0.2) is 42.5 Å². The van der Waals surface area contributed by atoms with E-state index in [1.807, 2.05) is 13.8 Å². The van der Waals surface area contributed by atoms with Gasteiger partial charge in [-0.15, -0.1) is 0 Å². The van der Waals surface area contributed by atoms with E-state index in [2.05, 4.69) is 5.32 Å². The minimum absolute atomic E-state index is 0.0802. The molecule has 0 aliphatic rings. The molecule has 162 valence electrons. The minimum Gasteiger partial charge on any atom is -0.354 e. The molecule has 0 aliphatic heterocycles. The molecule has 1 atom stereocenters. The lowest BCUT2D eigenvalue weighted by Crippen LogP contribution is -2.49. The van der Waals surface area contributed by atoms with Crippen molar-refractivity contribution in [1.29, 1.82) is 0 Å². The Hall–Kier alpha value is -2.11. The number of hydrogen-bond acceptors (Lipinski definition) is 2. The Balaban J connectivity index is 2.25. The quantitative estimate of drug-likeness (QED) is 0.490. The Morgan fingerprint density at radius 2 is 1.70 bits per heavy atom. The summed E-state index contributed by atoms with van der Waals surface area (Å²) in [7, 11) is 0. The van der Waals surface area contributed by atoms with Crippen molar-refractivity contribution in [3.05, 3.63) is 69.5 Å². The highest BCUT2D eigenvalue weighted by atomic mass is 35.5. The first-order chi connectivity index (χ1) is 14.3. The van der Waals surface area contributed by atoms with Gasteiger partial charge in [-0.25, -0.2) is 4.39 Å². The highest BCUT2D eigenvalue weighted by Gasteiger charge is 2.28. The number of halogens is 3. The maximum absolute atomic E-state index is 13.3. The second kappa shape index (κ2) is 11.9. The van der Waals surface area contributed by atoms with Gasteiger partial charge in [-0.3, -0.25) is 9.59 Å². The molecule has 7 heteroatoms. The zero-order chi connectivity index (χ0) is 22.1. The molecule has 0 aromatic heterocycles. The molecule has 2 aromatic rings. The van der Waals surface area contributed by atoms with E-state index in [4.69, 9.17) is 23.2 Å². The number of nitrogens with one attached hydrogen (secondary N) is 1. The van der Waals surface area contributed by atoms with Crippen LogP contribution in [-0.4, -0.2) is 29.3 Å². The van der Waals surface area contributed by atoms with Crippen molar-refractivity contribution in [2.24, 2.45) is 0 Å². The Labute approximate surface area is 187 Å². The van der Waals surface area contributed by atoms with Gasteiger partial charge < -0.3 is 10.2 Å². The third kappa shape index (κ3) is 6.99. The number of carbonyl (C=O) groups excluding carboxylic acids is 2. The summed E-state index contributed by atoms with van der Waals surface area (Å²) in [6.07, 6.45) is 2.38. The predicted molar refractivity (Wildman–Crippen MR) is 119 cm³/mol. The summed E-state index contributed by atoms with van der Waals surface area (Å²) in [5.74, 6) is -0.748. The zero-order valence-corrected chi connectivity index (χ0v) is 18.8. The average Bonchev–Trinajstić information content (AvgIpc) is 2.72. The van der Waals surface area contributed by atoms with E-state index < -0.39 is 6.04 Å². The van der Waals surface area contributed by atoms with Crippen molar-refractivity contribution >= 4 is 35.0 Å². The summed E-state index contributed by atoms with van der Waals surface area (Å²) in [5.41, 5.74) is 1.46. The van der Waals surface area contributed by atoms with E-state index >= 15 is 0 Å². The SMILES string of the molecule is CCCCNC(=O)[C@H](CC)N(Cc1ccc(F)cc1)C(=O)Cc1ccc(Cl)c(Cl)c1. The number of unbranched alkanes of at least 4 members (excludes halogenated alkanes) is 1. The largest absolute Gasteiger partial charge is 0.354 e. The highest BCUT2D eigenvalue weighted by Crippen LogP contribution is 2.23. The average molecular weight is 453 g/mol. The number of hydrogen-bond donors (Lipinski definition) is 1. The molecule has 0 fully saturated rings. The van der Waals surface area contributed by atoms with Gasteiger partial charge >= 0.3 is 0 Å². The van der Waals surface area contributed by atoms with Crippen molar-refractivity contribution in [2.75, 3.05) is 6.54 Å². The number of amides is 2. The first-order valence-electron chi connectivity index (χ1n) is 10.1. The number of nitrogens with zero attached hydrogens (tertiary/aromatic N) is 1. The summed E-state index contributed by atoms with van der Waals surface area (Å²) in [4.78, 5) is 27.6. The van der Waals surface area contributed by atoms with Gasteiger partial charge in [-0.05, 0) is 48.2 Å². The lowest BCUT2D eigenvalue weighted by Gasteiger charge is -2.31. The van der Waals surface area contributed by atoms with Crippen LogP contribution >= 0.6 is 23.2 Å². The molecule has 0 heterocycles. The lowest BCUT2D eigenvalue weighted by molar-refractivity contribution is -0.140. The third-order valence-corrected chi connectivity index (χ3v) is 5.56. The monoisotopic (exact) mass is 452 g/mol. The van der Waals surface area contributed by atoms with Gasteiger partial charge in [0.2, 0.25) is 11.8 Å². The van der Waals surface area contributed by atoms with E-state index in [-0.39, 0.29) is 30.6 Å². The predicted octanol–water partition coefficient (Wildman–Crippen LogP) is 5.40. The first kappa shape index (κ1) is 24.2. The zero-order valence-electron chi connectivity index (χ0n) is 17.3. The van der Waals surface area contributed by atoms with Crippen LogP contribution in [0.5, 0.6) is 0 Å². The van der Waals surface area contributed by atoms with Gasteiger partial charge in [0, 0.05) is 13.1 Å². The van der Waals surface area contributed by atoms with Crippen LogP contribution in [0.3, 0.4) is 0 Å². The van der Waals surface area contributed by atoms with Crippen molar-refractivity contribution in [2.45, 2.75) is 52.1 Å². The third-order valence-electron chi connectivity index (χ3n) is 4.82. The van der Waals surface area contributed by atoms with E-state index in [0.717, 1.165) is 18.4 Å². The van der Waals surface area contributed by atoms with Crippen molar-refractivity contribution in [3.8, 4) is 0 Å². The maximum atomic E-state index is 13.3. The van der Waals surface area contributed by atoms with Crippen LogP contribution in [0.1, 0.15) is 44.2 Å². The van der Waals surface area contributed by atoms with Gasteiger partial charge in [0.1, 0.15) is 11.9 Å². The maximum Gasteiger partial charge on any atom is 0.242 e. The van der Waals surface area contributed by atoms with E-state index in [0.29, 0.717) is 28.6 Å². The lowest BCUT2D eigenvalue weighted by atomic mass is 10.1. The summed E-state index contributed by atoms with van der Waals surface area (Å²) in [5, 5.41) is 3.70. The Morgan fingerprint density at radius 1 is 1.03 bits per heavy atom. The van der Waals surface area contributed by atoms with Crippen LogP contribution in [0.25, 0.3) is 0 Å². The van der Waals surface area contributed by atoms with Crippen LogP contribution in [0, 0.1) is 5.82 Å². The van der Waals surface area contributed by atoms with Crippen molar-refractivity contribution in [3.63, 3.8) is 0 Å². The van der Waals surface area contributed by atoms with Crippen LogP contribution in [0.4, 0.5) is 4.39 Å². The minimum atomic E-state index is -0.623. The Bertz CT molecular complexity index is 859. The molecule has 1 N–H and O–H groups in total. The number of carbonyl (C=O) groups is 2. The number of rotatable bonds is 10. The molecular weight excluding hydrogens is 426 g/mol. The van der Waals surface area contributed by atoms with Crippen molar-refractivity contribution in [1.82, 2.24) is 10.2 Å². The van der Waals surface area contributed by atoms with E-state index in [9.17, 15) is 14.0 Å². The van der Waals surface area contributed by atoms with Gasteiger partial charge in [0.05, 0.1) is 16.5 Å². The smallest absolute Gasteiger partial charge is 0.242 e. The molecule has 0 spiro atoms. The second-order valence-electron chi connectivity index (χ2n) is 7.14. The highest BCUT2D eigenvalue weighted by molar-refractivity contribution is 6.42. The molecular formula is C23H27Cl2FN2O2. The molecule has 0 radical (unpaired) electrons. The molecule has 4 nitrogen and oxygen atoms in total. The Morgan fingerprint density at radius 3 is 2.30 bits per heavy atom. The molecule has 2 amide bonds. The number of benzene rings is 2. The summed E-state index contributed by atoms with van der Waals surface area (Å²) < 4.78 is 13.3. The van der Waals surface area contributed by atoms with Crippen LogP contribution in [0.2, 0.25) is 10.0 Å². The van der Waals surface area contributed by atoms with Gasteiger partial charge in [0.15, 0.2) is 0 Å². The van der Waals surface area contributed by atoms with Gasteiger partial charge in [-0.2, -0.15) is 0 Å². The van der Waals surface area contributed by atoms with E-state index in [1.165, 1.54) is 12.1 Å². The van der Waals surface area contributed by atoms with Crippen molar-refractivity contribution < 1.29 is 14.0 Å². The van der Waals surface area contributed by atoms with Gasteiger partial charge in [0.25, 0.3) is 0 Å². The molecule has 30 heavy (non-hydrogen) atoms. The first-order valence-corrected chi connectivity index (χ1v) is 10.9. The topological polar surface area (TPSA) is 49.4 Å². The standard InChI is InChI=1S/C23H27Cl2FN2O2/c1-3-5-12-27-23(30)21(4-2)28(15-16-6-9-18(26)10-7-16)22(29)14-17-8-11-19(24)20(25)13-17/h6-11,13,21H,3-5,12,14-15H2,1-2H3,(H,27,30)/t21-/m0/s1. The van der Waals surface area contributed by atoms with E-state index in [1.54, 1.807) is 35.2 Å². The fourth-order valence-electron chi connectivity index (χ4n) is 3.14. The Kier molecular flexibility index (Phi) is 9.60. The summed E-state index contributed by atoms with van der Waals surface area (Å²) in [6.45, 7) is 4.69. The molecule has 2 aromatic carbocycles. The molecule has 0 saturated heterocycles. The fraction of sp³-hybridized carbons (Fsp3) is 0.391. The normalized spacial score (nSPS) is 11.8. The summed E-state index contributed by atoms with van der Waals surface area (Å²) in [6, 6.07) is 10.4. The summed E-state index contributed by atoms with van der Waals surface area (Å²) >= 11 is 12.0. The molecule has 0 bridgehead atoms.